The van der Waals surface area contributed by atoms with Crippen molar-refractivity contribution in [2.75, 3.05) is 13.7 Å². The van der Waals surface area contributed by atoms with E-state index in [2.05, 4.69) is 34.5 Å². The van der Waals surface area contributed by atoms with Gasteiger partial charge in [0.2, 0.25) is 0 Å². The third-order valence-corrected chi connectivity index (χ3v) is 4.86. The monoisotopic (exact) mass is 490 g/mol. The molecular formula is C21H19IN2O4. The van der Waals surface area contributed by atoms with Gasteiger partial charge in [-0.2, -0.15) is 0 Å². The zero-order chi connectivity index (χ0) is 20.1. The van der Waals surface area contributed by atoms with E-state index in [-0.39, 0.29) is 18.1 Å². The molecule has 2 aromatic carbocycles. The fraction of sp³-hybridized carbons (Fsp3) is 0.143. The Bertz CT molecular complexity index is 941. The molecule has 144 valence electrons. The van der Waals surface area contributed by atoms with E-state index in [4.69, 9.17) is 9.47 Å². The second kappa shape index (κ2) is 8.92. The van der Waals surface area contributed by atoms with Crippen molar-refractivity contribution < 1.29 is 19.1 Å². The van der Waals surface area contributed by atoms with Crippen molar-refractivity contribution in [1.29, 1.82) is 0 Å². The zero-order valence-corrected chi connectivity index (χ0v) is 17.4. The summed E-state index contributed by atoms with van der Waals surface area (Å²) >= 11 is 2.16. The number of carbonyl (C=O) groups excluding carboxylic acids is 2. The molecule has 3 rings (SSSR count). The lowest BCUT2D eigenvalue weighted by molar-refractivity contribution is -0.122. The normalized spacial score (nSPS) is 14.9. The fourth-order valence-corrected chi connectivity index (χ4v) is 3.51. The minimum absolute atomic E-state index is 0.162. The van der Waals surface area contributed by atoms with Crippen molar-refractivity contribution in [3.05, 3.63) is 75.5 Å². The van der Waals surface area contributed by atoms with Crippen molar-refractivity contribution in [1.82, 2.24) is 10.2 Å². The molecule has 0 unspecified atom stereocenters. The Morgan fingerprint density at radius 2 is 1.96 bits per heavy atom. The van der Waals surface area contributed by atoms with Crippen LogP contribution in [0.4, 0.5) is 4.79 Å². The number of rotatable bonds is 7. The maximum absolute atomic E-state index is 12.3. The number of hydrogen-bond donors (Lipinski definition) is 1. The van der Waals surface area contributed by atoms with Crippen LogP contribution >= 0.6 is 22.6 Å². The van der Waals surface area contributed by atoms with Crippen molar-refractivity contribution in [3.8, 4) is 11.5 Å². The van der Waals surface area contributed by atoms with Gasteiger partial charge in [0.25, 0.3) is 5.91 Å². The van der Waals surface area contributed by atoms with Crippen LogP contribution < -0.4 is 14.8 Å². The van der Waals surface area contributed by atoms with E-state index in [0.717, 1.165) is 19.6 Å². The lowest BCUT2D eigenvalue weighted by Gasteiger charge is -2.14. The summed E-state index contributed by atoms with van der Waals surface area (Å²) in [6.07, 6.45) is 3.13. The summed E-state index contributed by atoms with van der Waals surface area (Å²) < 4.78 is 12.3. The molecule has 1 saturated heterocycles. The quantitative estimate of drug-likeness (QED) is 0.276. The molecule has 1 aliphatic heterocycles. The van der Waals surface area contributed by atoms with E-state index >= 15 is 0 Å². The Kier molecular flexibility index (Phi) is 6.35. The zero-order valence-electron chi connectivity index (χ0n) is 15.3. The van der Waals surface area contributed by atoms with Gasteiger partial charge in [-0.1, -0.05) is 36.4 Å². The third-order valence-electron chi connectivity index (χ3n) is 4.06. The van der Waals surface area contributed by atoms with Gasteiger partial charge in [-0.25, -0.2) is 4.79 Å². The largest absolute Gasteiger partial charge is 0.493 e. The van der Waals surface area contributed by atoms with Crippen molar-refractivity contribution in [2.24, 2.45) is 0 Å². The molecule has 0 spiro atoms. The first kappa shape index (κ1) is 19.9. The van der Waals surface area contributed by atoms with Crippen LogP contribution in [0.15, 0.2) is 60.8 Å². The molecule has 0 aromatic heterocycles. The van der Waals surface area contributed by atoms with E-state index in [1.165, 1.54) is 6.08 Å². The highest BCUT2D eigenvalue weighted by Gasteiger charge is 2.32. The topological polar surface area (TPSA) is 67.9 Å². The molecule has 1 aliphatic rings. The van der Waals surface area contributed by atoms with Crippen LogP contribution in [0.5, 0.6) is 11.5 Å². The number of imide groups is 1. The Morgan fingerprint density at radius 3 is 2.64 bits per heavy atom. The summed E-state index contributed by atoms with van der Waals surface area (Å²) in [5.41, 5.74) is 1.98. The van der Waals surface area contributed by atoms with E-state index in [1.54, 1.807) is 19.3 Å². The molecular weight excluding hydrogens is 471 g/mol. The number of hydrogen-bond acceptors (Lipinski definition) is 4. The van der Waals surface area contributed by atoms with Crippen molar-refractivity contribution >= 4 is 40.6 Å². The molecule has 0 atom stereocenters. The molecule has 1 N–H and O–H groups in total. The third kappa shape index (κ3) is 4.36. The van der Waals surface area contributed by atoms with Crippen LogP contribution in [0.25, 0.3) is 6.08 Å². The molecule has 0 aliphatic carbocycles. The maximum atomic E-state index is 12.3. The second-order valence-electron chi connectivity index (χ2n) is 6.00. The molecule has 0 bridgehead atoms. The maximum Gasteiger partial charge on any atom is 0.329 e. The van der Waals surface area contributed by atoms with Gasteiger partial charge in [0.05, 0.1) is 10.7 Å². The molecule has 3 amide bonds. The van der Waals surface area contributed by atoms with E-state index in [1.807, 2.05) is 36.4 Å². The SMILES string of the molecule is C=CCN1C(=O)N/C(=C/c2cc(I)c(OCc3ccccc3)c(OC)c2)C1=O. The average Bonchev–Trinajstić information content (AvgIpc) is 2.95. The smallest absolute Gasteiger partial charge is 0.329 e. The summed E-state index contributed by atoms with van der Waals surface area (Å²) in [5, 5.41) is 2.58. The molecule has 0 radical (unpaired) electrons. The highest BCUT2D eigenvalue weighted by atomic mass is 127. The molecule has 1 fully saturated rings. The van der Waals surface area contributed by atoms with Gasteiger partial charge >= 0.3 is 6.03 Å². The number of benzene rings is 2. The number of carbonyl (C=O) groups is 2. The predicted molar refractivity (Wildman–Crippen MR) is 115 cm³/mol. The lowest BCUT2D eigenvalue weighted by atomic mass is 10.1. The van der Waals surface area contributed by atoms with Crippen LogP contribution in [0.1, 0.15) is 11.1 Å². The van der Waals surface area contributed by atoms with Crippen LogP contribution in [-0.4, -0.2) is 30.5 Å². The first-order valence-corrected chi connectivity index (χ1v) is 9.61. The van der Waals surface area contributed by atoms with Crippen LogP contribution in [0.3, 0.4) is 0 Å². The highest BCUT2D eigenvalue weighted by Crippen LogP contribution is 2.35. The van der Waals surface area contributed by atoms with Gasteiger partial charge in [0.1, 0.15) is 12.3 Å². The Hall–Kier alpha value is -2.81. The average molecular weight is 490 g/mol. The van der Waals surface area contributed by atoms with Crippen LogP contribution in [-0.2, 0) is 11.4 Å². The number of methoxy groups -OCH3 is 1. The molecule has 28 heavy (non-hydrogen) atoms. The number of nitrogens with one attached hydrogen (secondary N) is 1. The fourth-order valence-electron chi connectivity index (χ4n) is 2.73. The highest BCUT2D eigenvalue weighted by molar-refractivity contribution is 14.1. The Balaban J connectivity index is 1.84. The van der Waals surface area contributed by atoms with E-state index < -0.39 is 6.03 Å². The van der Waals surface area contributed by atoms with Gasteiger partial charge in [0.15, 0.2) is 11.5 Å². The Labute approximate surface area is 177 Å². The summed E-state index contributed by atoms with van der Waals surface area (Å²) in [4.78, 5) is 25.3. The standard InChI is InChI=1S/C21H19IN2O4/c1-3-9-24-20(25)17(23-21(24)26)11-15-10-16(22)19(18(12-15)27-2)28-13-14-7-5-4-6-8-14/h3-8,10-12H,1,9,13H2,2H3,(H,23,26)/b17-11+. The van der Waals surface area contributed by atoms with E-state index in [9.17, 15) is 9.59 Å². The predicted octanol–water partition coefficient (Wildman–Crippen LogP) is 3.96. The minimum Gasteiger partial charge on any atom is -0.493 e. The van der Waals surface area contributed by atoms with Crippen molar-refractivity contribution in [3.63, 3.8) is 0 Å². The molecule has 2 aromatic rings. The van der Waals surface area contributed by atoms with E-state index in [0.29, 0.717) is 18.1 Å². The number of nitrogens with zero attached hydrogens (tertiary/aromatic N) is 1. The lowest BCUT2D eigenvalue weighted by Crippen LogP contribution is -2.30. The molecule has 0 saturated carbocycles. The van der Waals surface area contributed by atoms with Gasteiger partial charge in [-0.3, -0.25) is 9.69 Å². The first-order valence-electron chi connectivity index (χ1n) is 8.53. The molecule has 1 heterocycles. The first-order chi connectivity index (χ1) is 13.5. The number of halogens is 1. The minimum atomic E-state index is -0.458. The summed E-state index contributed by atoms with van der Waals surface area (Å²) in [5.74, 6) is 0.793. The number of ether oxygens (including phenoxy) is 2. The Morgan fingerprint density at radius 1 is 1.21 bits per heavy atom. The molecule has 7 heteroatoms. The number of amides is 3. The van der Waals surface area contributed by atoms with Crippen LogP contribution in [0, 0.1) is 3.57 Å². The van der Waals surface area contributed by atoms with Gasteiger partial charge in [-0.15, -0.1) is 6.58 Å². The van der Waals surface area contributed by atoms with Gasteiger partial charge in [0, 0.05) is 6.54 Å². The van der Waals surface area contributed by atoms with Gasteiger partial charge < -0.3 is 14.8 Å². The van der Waals surface area contributed by atoms with Crippen molar-refractivity contribution in [2.45, 2.75) is 6.61 Å². The van der Waals surface area contributed by atoms with Gasteiger partial charge in [-0.05, 0) is 51.9 Å². The summed E-state index contributed by atoms with van der Waals surface area (Å²) in [6.45, 7) is 4.14. The summed E-state index contributed by atoms with van der Waals surface area (Å²) in [6, 6.07) is 13.0. The summed E-state index contributed by atoms with van der Waals surface area (Å²) in [7, 11) is 1.56. The second-order valence-corrected chi connectivity index (χ2v) is 7.16. The molecule has 6 nitrogen and oxygen atoms in total. The number of urea groups is 1. The van der Waals surface area contributed by atoms with Crippen LogP contribution in [0.2, 0.25) is 0 Å².